The molecule has 28 heavy (non-hydrogen) atoms. The van der Waals surface area contributed by atoms with Gasteiger partial charge in [-0.15, -0.1) is 0 Å². The molecule has 0 bridgehead atoms. The standard InChI is InChI=1S/C19H11Cl2FN4O2/c20-14-8-12(4-5-15(14)22)26-18(27)13-2-1-7-25(17(13)24-19(26)28)10-11-3-6-16(21)23-9-11/h1-9H,10H2. The molecule has 0 atom stereocenters. The maximum Gasteiger partial charge on any atom is 0.357 e. The Morgan fingerprint density at radius 3 is 2.61 bits per heavy atom. The van der Waals surface area contributed by atoms with Gasteiger partial charge in [0.25, 0.3) is 5.56 Å². The third kappa shape index (κ3) is 3.30. The zero-order chi connectivity index (χ0) is 19.8. The highest BCUT2D eigenvalue weighted by Gasteiger charge is 2.18. The molecule has 9 heteroatoms. The molecule has 2 aliphatic heterocycles. The third-order valence-electron chi connectivity index (χ3n) is 4.17. The van der Waals surface area contributed by atoms with Gasteiger partial charge < -0.3 is 4.57 Å². The Bertz CT molecular complexity index is 1270. The first-order valence-corrected chi connectivity index (χ1v) is 8.88. The summed E-state index contributed by atoms with van der Waals surface area (Å²) in [7, 11) is 0. The quantitative estimate of drug-likeness (QED) is 0.480. The van der Waals surface area contributed by atoms with Crippen molar-refractivity contribution in [2.75, 3.05) is 0 Å². The minimum Gasteiger partial charge on any atom is -0.328 e. The van der Waals surface area contributed by atoms with Gasteiger partial charge in [-0.1, -0.05) is 29.3 Å². The lowest BCUT2D eigenvalue weighted by molar-refractivity contribution is 0.627. The number of hydrogen-bond acceptors (Lipinski definition) is 4. The van der Waals surface area contributed by atoms with Crippen LogP contribution in [0.25, 0.3) is 17.1 Å². The molecule has 4 rings (SSSR count). The van der Waals surface area contributed by atoms with E-state index in [1.807, 2.05) is 0 Å². The topological polar surface area (TPSA) is 69.8 Å². The maximum absolute atomic E-state index is 13.4. The summed E-state index contributed by atoms with van der Waals surface area (Å²) < 4.78 is 16.0. The van der Waals surface area contributed by atoms with Crippen LogP contribution in [-0.4, -0.2) is 19.1 Å². The number of hydrogen-bond donors (Lipinski definition) is 0. The highest BCUT2D eigenvalue weighted by atomic mass is 35.5. The Morgan fingerprint density at radius 2 is 1.89 bits per heavy atom. The van der Waals surface area contributed by atoms with Crippen molar-refractivity contribution in [3.8, 4) is 17.1 Å². The fourth-order valence-corrected chi connectivity index (χ4v) is 3.14. The molecule has 0 aliphatic carbocycles. The molecule has 0 unspecified atom stereocenters. The largest absolute Gasteiger partial charge is 0.357 e. The molecule has 0 spiro atoms. The highest BCUT2D eigenvalue weighted by Crippen LogP contribution is 2.19. The van der Waals surface area contributed by atoms with Crippen LogP contribution in [0, 0.1) is 5.82 Å². The summed E-state index contributed by atoms with van der Waals surface area (Å²) in [6, 6.07) is 10.3. The Balaban J connectivity index is 1.87. The molecule has 0 saturated carbocycles. The second kappa shape index (κ2) is 7.18. The first kappa shape index (κ1) is 18.3. The second-order valence-electron chi connectivity index (χ2n) is 6.00. The summed E-state index contributed by atoms with van der Waals surface area (Å²) >= 11 is 11.6. The number of rotatable bonds is 3. The smallest absolute Gasteiger partial charge is 0.328 e. The Labute approximate surface area is 167 Å². The maximum atomic E-state index is 13.4. The SMILES string of the molecule is O=c1nc2n(Cc3ccc(Cl)nc3)cccc-2c(=O)n1-c1ccc(F)c(Cl)c1. The van der Waals surface area contributed by atoms with Gasteiger partial charge in [-0.05, 0) is 42.0 Å². The van der Waals surface area contributed by atoms with E-state index in [1.54, 1.807) is 41.2 Å². The zero-order valence-corrected chi connectivity index (χ0v) is 15.7. The first-order chi connectivity index (χ1) is 13.4. The van der Waals surface area contributed by atoms with E-state index in [4.69, 9.17) is 23.2 Å². The van der Waals surface area contributed by atoms with E-state index in [9.17, 15) is 14.0 Å². The van der Waals surface area contributed by atoms with E-state index < -0.39 is 17.1 Å². The van der Waals surface area contributed by atoms with Crippen molar-refractivity contribution >= 4 is 23.2 Å². The summed E-state index contributed by atoms with van der Waals surface area (Å²) in [6.45, 7) is 0.347. The van der Waals surface area contributed by atoms with Crippen LogP contribution in [0.1, 0.15) is 5.56 Å². The number of benzene rings is 1. The summed E-state index contributed by atoms with van der Waals surface area (Å²) in [4.78, 5) is 33.6. The predicted molar refractivity (Wildman–Crippen MR) is 104 cm³/mol. The fraction of sp³-hybridized carbons (Fsp3) is 0.0526. The van der Waals surface area contributed by atoms with Gasteiger partial charge >= 0.3 is 5.69 Å². The monoisotopic (exact) mass is 416 g/mol. The minimum absolute atomic E-state index is 0.146. The van der Waals surface area contributed by atoms with Gasteiger partial charge in [-0.3, -0.25) is 4.79 Å². The normalized spacial score (nSPS) is 11.1. The Hall–Kier alpha value is -3.03. The molecule has 6 nitrogen and oxygen atoms in total. The van der Waals surface area contributed by atoms with Crippen LogP contribution in [0.4, 0.5) is 4.39 Å². The van der Waals surface area contributed by atoms with Gasteiger partial charge in [-0.2, -0.15) is 4.98 Å². The minimum atomic E-state index is -0.783. The van der Waals surface area contributed by atoms with Gasteiger partial charge in [0.05, 0.1) is 22.8 Å². The molecule has 2 aromatic rings. The van der Waals surface area contributed by atoms with Crippen LogP contribution in [0.5, 0.6) is 0 Å². The van der Waals surface area contributed by atoms with Crippen LogP contribution >= 0.6 is 23.2 Å². The molecule has 0 saturated heterocycles. The molecular weight excluding hydrogens is 406 g/mol. The van der Waals surface area contributed by atoms with Crippen molar-refractivity contribution in [3.63, 3.8) is 0 Å². The lowest BCUT2D eigenvalue weighted by Crippen LogP contribution is -2.36. The van der Waals surface area contributed by atoms with E-state index in [-0.39, 0.29) is 22.1 Å². The number of halogens is 3. The third-order valence-corrected chi connectivity index (χ3v) is 4.68. The Morgan fingerprint density at radius 1 is 1.07 bits per heavy atom. The molecule has 140 valence electrons. The molecule has 0 radical (unpaired) electrons. The number of fused-ring (bicyclic) bond motifs is 1. The van der Waals surface area contributed by atoms with Crippen LogP contribution in [0.15, 0.2) is 64.4 Å². The van der Waals surface area contributed by atoms with Crippen LogP contribution in [-0.2, 0) is 6.54 Å². The Kier molecular flexibility index (Phi) is 4.70. The molecule has 3 heterocycles. The average molecular weight is 417 g/mol. The zero-order valence-electron chi connectivity index (χ0n) is 14.1. The van der Waals surface area contributed by atoms with Crippen molar-refractivity contribution in [1.82, 2.24) is 19.1 Å². The van der Waals surface area contributed by atoms with Gasteiger partial charge in [-0.25, -0.2) is 18.7 Å². The summed E-state index contributed by atoms with van der Waals surface area (Å²) in [5, 5.41) is 0.176. The van der Waals surface area contributed by atoms with Crippen molar-refractivity contribution < 1.29 is 4.39 Å². The van der Waals surface area contributed by atoms with Gasteiger partial charge in [0, 0.05) is 12.4 Å². The van der Waals surface area contributed by atoms with E-state index in [0.717, 1.165) is 16.2 Å². The molecular formula is C19H11Cl2FN4O2. The summed E-state index contributed by atoms with van der Waals surface area (Å²) in [6.07, 6.45) is 3.32. The van der Waals surface area contributed by atoms with Gasteiger partial charge in [0.15, 0.2) is 5.82 Å². The molecule has 0 fully saturated rings. The number of pyridine rings is 2. The van der Waals surface area contributed by atoms with E-state index in [0.29, 0.717) is 11.7 Å². The van der Waals surface area contributed by atoms with Crippen molar-refractivity contribution in [3.05, 3.63) is 97.3 Å². The molecule has 2 aliphatic rings. The lowest BCUT2D eigenvalue weighted by atomic mass is 10.2. The van der Waals surface area contributed by atoms with Crippen molar-refractivity contribution in [2.45, 2.75) is 6.54 Å². The highest BCUT2D eigenvalue weighted by molar-refractivity contribution is 6.30. The fourth-order valence-electron chi connectivity index (χ4n) is 2.86. The molecule has 1 aromatic heterocycles. The summed E-state index contributed by atoms with van der Waals surface area (Å²) in [5.74, 6) is -0.411. The summed E-state index contributed by atoms with van der Waals surface area (Å²) in [5.41, 5.74) is -0.140. The predicted octanol–water partition coefficient (Wildman–Crippen LogP) is 3.39. The molecule has 0 amide bonds. The van der Waals surface area contributed by atoms with E-state index >= 15 is 0 Å². The number of aromatic nitrogens is 4. The first-order valence-electron chi connectivity index (χ1n) is 8.12. The number of nitrogens with zero attached hydrogens (tertiary/aromatic N) is 4. The van der Waals surface area contributed by atoms with E-state index in [2.05, 4.69) is 9.97 Å². The average Bonchev–Trinajstić information content (AvgIpc) is 2.67. The van der Waals surface area contributed by atoms with Gasteiger partial charge in [0.1, 0.15) is 11.0 Å². The molecule has 0 N–H and O–H groups in total. The van der Waals surface area contributed by atoms with Crippen molar-refractivity contribution in [2.24, 2.45) is 0 Å². The second-order valence-corrected chi connectivity index (χ2v) is 6.79. The van der Waals surface area contributed by atoms with Crippen LogP contribution < -0.4 is 11.2 Å². The molecule has 1 aromatic carbocycles. The van der Waals surface area contributed by atoms with Crippen LogP contribution in [0.3, 0.4) is 0 Å². The van der Waals surface area contributed by atoms with Crippen LogP contribution in [0.2, 0.25) is 10.2 Å². The van der Waals surface area contributed by atoms with Crippen molar-refractivity contribution in [1.29, 1.82) is 0 Å². The van der Waals surface area contributed by atoms with E-state index in [1.165, 1.54) is 12.1 Å². The lowest BCUT2D eigenvalue weighted by Gasteiger charge is -2.15. The van der Waals surface area contributed by atoms with Gasteiger partial charge in [0.2, 0.25) is 0 Å².